The maximum atomic E-state index is 12.4. The van der Waals surface area contributed by atoms with Crippen LogP contribution in [-0.4, -0.2) is 27.2 Å². The van der Waals surface area contributed by atoms with E-state index in [4.69, 9.17) is 14.8 Å². The van der Waals surface area contributed by atoms with Crippen molar-refractivity contribution >= 4 is 5.91 Å². The summed E-state index contributed by atoms with van der Waals surface area (Å²) in [6.07, 6.45) is 3.63. The molecule has 0 atom stereocenters. The summed E-state index contributed by atoms with van der Waals surface area (Å²) in [5.74, 6) is 1.57. The number of aryl methyl sites for hydroxylation is 1. The highest BCUT2D eigenvalue weighted by Crippen LogP contribution is 2.37. The summed E-state index contributed by atoms with van der Waals surface area (Å²) >= 11 is 0. The highest BCUT2D eigenvalue weighted by atomic mass is 16.5. The van der Waals surface area contributed by atoms with Crippen LogP contribution in [0.5, 0.6) is 11.5 Å². The third-order valence-electron chi connectivity index (χ3n) is 5.89. The van der Waals surface area contributed by atoms with Gasteiger partial charge in [0.2, 0.25) is 0 Å². The lowest BCUT2D eigenvalue weighted by atomic mass is 9.89. The lowest BCUT2D eigenvalue weighted by Gasteiger charge is -2.18. The van der Waals surface area contributed by atoms with Crippen LogP contribution < -0.4 is 10.1 Å². The van der Waals surface area contributed by atoms with Gasteiger partial charge in [-0.1, -0.05) is 18.2 Å². The fourth-order valence-electron chi connectivity index (χ4n) is 4.37. The number of benzene rings is 2. The van der Waals surface area contributed by atoms with E-state index in [1.807, 2.05) is 65.5 Å². The Balaban J connectivity index is 1.34. The Morgan fingerprint density at radius 1 is 0.968 bits per heavy atom. The normalized spacial score (nSPS) is 14.3. The van der Waals surface area contributed by atoms with Gasteiger partial charge in [0.1, 0.15) is 17.2 Å². The minimum absolute atomic E-state index is 0.0215. The van der Waals surface area contributed by atoms with Crippen molar-refractivity contribution in [2.75, 3.05) is 6.54 Å². The molecule has 2 aromatic heterocycles. The molecule has 0 bridgehead atoms. The van der Waals surface area contributed by atoms with E-state index in [0.29, 0.717) is 18.8 Å². The first-order chi connectivity index (χ1) is 15.3. The third-order valence-corrected chi connectivity index (χ3v) is 5.89. The summed E-state index contributed by atoms with van der Waals surface area (Å²) in [6, 6.07) is 19.8. The Morgan fingerprint density at radius 2 is 1.77 bits per heavy atom. The molecule has 0 unspecified atom stereocenters. The van der Waals surface area contributed by atoms with Crippen LogP contribution in [0.25, 0.3) is 22.5 Å². The Bertz CT molecular complexity index is 1290. The van der Waals surface area contributed by atoms with Crippen LogP contribution in [0.4, 0.5) is 0 Å². The summed E-state index contributed by atoms with van der Waals surface area (Å²) in [5.41, 5.74) is 6.83. The highest BCUT2D eigenvalue weighted by Gasteiger charge is 2.30. The number of hydrogen-bond donors (Lipinski definition) is 1. The average Bonchev–Trinajstić information content (AvgIpc) is 3.20. The molecule has 2 aliphatic rings. The number of carbonyl (C=O) groups excluding carboxylic acids is 1. The molecule has 6 rings (SSSR count). The van der Waals surface area contributed by atoms with Crippen molar-refractivity contribution < 1.29 is 9.53 Å². The molecule has 31 heavy (non-hydrogen) atoms. The molecule has 4 aromatic rings. The number of nitrogens with one attached hydrogen (secondary N) is 1. The number of amides is 1. The monoisotopic (exact) mass is 408 g/mol. The SMILES string of the molecule is O=C1NCCn2nc3c(c21)CCc1cnc(-c2ccc(Oc4ccccc4)cc2)cc1-3. The van der Waals surface area contributed by atoms with Gasteiger partial charge in [0, 0.05) is 29.4 Å². The van der Waals surface area contributed by atoms with Crippen molar-refractivity contribution in [1.29, 1.82) is 0 Å². The predicted octanol–water partition coefficient (Wildman–Crippen LogP) is 4.25. The zero-order valence-electron chi connectivity index (χ0n) is 16.8. The summed E-state index contributed by atoms with van der Waals surface area (Å²) in [6.45, 7) is 1.34. The third kappa shape index (κ3) is 3.08. The fourth-order valence-corrected chi connectivity index (χ4v) is 4.37. The molecule has 0 radical (unpaired) electrons. The fraction of sp³-hybridized carbons (Fsp3) is 0.160. The first-order valence-electron chi connectivity index (χ1n) is 10.5. The quantitative estimate of drug-likeness (QED) is 0.550. The molecule has 0 saturated heterocycles. The maximum Gasteiger partial charge on any atom is 0.269 e. The van der Waals surface area contributed by atoms with Gasteiger partial charge in [0.15, 0.2) is 0 Å². The van der Waals surface area contributed by atoms with E-state index >= 15 is 0 Å². The van der Waals surface area contributed by atoms with Crippen LogP contribution in [-0.2, 0) is 19.4 Å². The van der Waals surface area contributed by atoms with Gasteiger partial charge >= 0.3 is 0 Å². The predicted molar refractivity (Wildman–Crippen MR) is 117 cm³/mol. The van der Waals surface area contributed by atoms with E-state index in [2.05, 4.69) is 11.4 Å². The van der Waals surface area contributed by atoms with Gasteiger partial charge in [0.25, 0.3) is 5.91 Å². The number of aromatic nitrogens is 3. The van der Waals surface area contributed by atoms with Crippen molar-refractivity contribution in [3.63, 3.8) is 0 Å². The average molecular weight is 408 g/mol. The van der Waals surface area contributed by atoms with Crippen molar-refractivity contribution in [2.24, 2.45) is 0 Å². The smallest absolute Gasteiger partial charge is 0.269 e. The Kier molecular flexibility index (Phi) is 4.09. The molecule has 1 N–H and O–H groups in total. The molecule has 152 valence electrons. The maximum absolute atomic E-state index is 12.4. The molecular formula is C25H20N4O2. The molecule has 0 saturated carbocycles. The molecule has 0 spiro atoms. The molecular weight excluding hydrogens is 388 g/mol. The minimum Gasteiger partial charge on any atom is -0.457 e. The van der Waals surface area contributed by atoms with Crippen molar-refractivity contribution in [3.8, 4) is 34.0 Å². The van der Waals surface area contributed by atoms with Crippen LogP contribution in [0, 0.1) is 0 Å². The van der Waals surface area contributed by atoms with Crippen LogP contribution in [0.1, 0.15) is 21.6 Å². The Hall–Kier alpha value is -3.93. The molecule has 6 heteroatoms. The molecule has 6 nitrogen and oxygen atoms in total. The zero-order chi connectivity index (χ0) is 20.8. The van der Waals surface area contributed by atoms with Gasteiger partial charge in [-0.3, -0.25) is 14.5 Å². The van der Waals surface area contributed by atoms with E-state index in [1.165, 1.54) is 5.56 Å². The second kappa shape index (κ2) is 7.09. The first kappa shape index (κ1) is 17.9. The number of para-hydroxylation sites is 1. The zero-order valence-corrected chi connectivity index (χ0v) is 16.8. The second-order valence-corrected chi connectivity index (χ2v) is 7.82. The standard InChI is InChI=1S/C25H20N4O2/c30-25-24-20-11-8-17-15-27-22(14-21(17)23(20)28-29(24)13-12-26-25)16-6-9-19(10-7-16)31-18-4-2-1-3-5-18/h1-7,9-10,14-15H,8,11-13H2,(H,26,30). The van der Waals surface area contributed by atoms with Gasteiger partial charge in [-0.05, 0) is 60.9 Å². The van der Waals surface area contributed by atoms with E-state index in [1.54, 1.807) is 0 Å². The van der Waals surface area contributed by atoms with E-state index < -0.39 is 0 Å². The van der Waals surface area contributed by atoms with Crippen LogP contribution in [0.2, 0.25) is 0 Å². The number of nitrogens with zero attached hydrogens (tertiary/aromatic N) is 3. The van der Waals surface area contributed by atoms with Crippen LogP contribution >= 0.6 is 0 Å². The summed E-state index contributed by atoms with van der Waals surface area (Å²) < 4.78 is 7.75. The number of hydrogen-bond acceptors (Lipinski definition) is 4. The van der Waals surface area contributed by atoms with Gasteiger partial charge < -0.3 is 10.1 Å². The lowest BCUT2D eigenvalue weighted by Crippen LogP contribution is -2.36. The highest BCUT2D eigenvalue weighted by molar-refractivity contribution is 5.97. The first-order valence-corrected chi connectivity index (χ1v) is 10.5. The largest absolute Gasteiger partial charge is 0.457 e. The van der Waals surface area contributed by atoms with E-state index in [9.17, 15) is 4.79 Å². The minimum atomic E-state index is -0.0215. The molecule has 2 aromatic carbocycles. The summed E-state index contributed by atoms with van der Waals surface area (Å²) in [5, 5.41) is 7.72. The summed E-state index contributed by atoms with van der Waals surface area (Å²) in [7, 11) is 0. The molecule has 0 fully saturated rings. The second-order valence-electron chi connectivity index (χ2n) is 7.82. The van der Waals surface area contributed by atoms with Crippen LogP contribution in [0.3, 0.4) is 0 Å². The number of carbonyl (C=O) groups is 1. The van der Waals surface area contributed by atoms with Gasteiger partial charge in [-0.15, -0.1) is 0 Å². The van der Waals surface area contributed by atoms with Gasteiger partial charge in [-0.2, -0.15) is 5.10 Å². The lowest BCUT2D eigenvalue weighted by molar-refractivity contribution is 0.0923. The van der Waals surface area contributed by atoms with Crippen molar-refractivity contribution in [2.45, 2.75) is 19.4 Å². The number of rotatable bonds is 3. The molecule has 1 aliphatic carbocycles. The molecule has 1 amide bonds. The Morgan fingerprint density at radius 3 is 2.61 bits per heavy atom. The van der Waals surface area contributed by atoms with E-state index in [0.717, 1.165) is 52.4 Å². The van der Waals surface area contributed by atoms with E-state index in [-0.39, 0.29) is 5.91 Å². The Labute approximate surface area is 179 Å². The van der Waals surface area contributed by atoms with Crippen molar-refractivity contribution in [3.05, 3.63) is 83.7 Å². The van der Waals surface area contributed by atoms with Gasteiger partial charge in [-0.25, -0.2) is 0 Å². The van der Waals surface area contributed by atoms with Gasteiger partial charge in [0.05, 0.1) is 17.9 Å². The summed E-state index contributed by atoms with van der Waals surface area (Å²) in [4.78, 5) is 17.1. The number of pyridine rings is 1. The number of ether oxygens (including phenoxy) is 1. The van der Waals surface area contributed by atoms with Crippen molar-refractivity contribution in [1.82, 2.24) is 20.1 Å². The molecule has 3 heterocycles. The topological polar surface area (TPSA) is 69.0 Å². The van der Waals surface area contributed by atoms with Crippen LogP contribution in [0.15, 0.2) is 66.9 Å². The number of fused-ring (bicyclic) bond motifs is 5. The molecule has 1 aliphatic heterocycles.